The third-order valence-electron chi connectivity index (χ3n) is 3.59. The van der Waals surface area contributed by atoms with Crippen LogP contribution in [0.5, 0.6) is 0 Å². The number of hydrogen-bond donors (Lipinski definition) is 1. The summed E-state index contributed by atoms with van der Waals surface area (Å²) in [7, 11) is 2.08. The number of ether oxygens (including phenoxy) is 1. The molecule has 0 spiro atoms. The number of aliphatic hydroxyl groups is 1. The van der Waals surface area contributed by atoms with Gasteiger partial charge in [-0.05, 0) is 43.5 Å². The summed E-state index contributed by atoms with van der Waals surface area (Å²) in [6, 6.07) is 6.54. The highest BCUT2D eigenvalue weighted by Gasteiger charge is 2.25. The maximum absolute atomic E-state index is 9.97. The Morgan fingerprint density at radius 3 is 2.56 bits per heavy atom. The highest BCUT2D eigenvalue weighted by Crippen LogP contribution is 2.21. The van der Waals surface area contributed by atoms with Gasteiger partial charge in [0.25, 0.3) is 0 Å². The normalized spacial score (nSPS) is 24.0. The number of nitrogens with zero attached hydrogens (tertiary/aromatic N) is 1. The lowest BCUT2D eigenvalue weighted by molar-refractivity contribution is -0.0320. The lowest BCUT2D eigenvalue weighted by Crippen LogP contribution is -2.39. The van der Waals surface area contributed by atoms with Crippen molar-refractivity contribution in [3.8, 4) is 0 Å². The summed E-state index contributed by atoms with van der Waals surface area (Å²) in [4.78, 5) is 2.21. The number of aryl methyl sites for hydroxylation is 2. The molecule has 1 fully saturated rings. The molecule has 2 unspecified atom stereocenters. The van der Waals surface area contributed by atoms with E-state index in [0.717, 1.165) is 13.0 Å². The number of benzene rings is 1. The summed E-state index contributed by atoms with van der Waals surface area (Å²) < 4.78 is 5.45. The lowest BCUT2D eigenvalue weighted by atomic mass is 9.98. The molecule has 1 aliphatic rings. The van der Waals surface area contributed by atoms with Gasteiger partial charge in [0.2, 0.25) is 0 Å². The molecule has 0 amide bonds. The van der Waals surface area contributed by atoms with Crippen LogP contribution in [0, 0.1) is 19.8 Å². The van der Waals surface area contributed by atoms with Gasteiger partial charge in [-0.1, -0.05) is 6.07 Å². The van der Waals surface area contributed by atoms with Crippen LogP contribution in [0.1, 0.15) is 17.5 Å². The van der Waals surface area contributed by atoms with Gasteiger partial charge in [0.1, 0.15) is 0 Å². The Balaban J connectivity index is 2.04. The molecule has 2 rings (SSSR count). The van der Waals surface area contributed by atoms with E-state index in [2.05, 4.69) is 44.0 Å². The summed E-state index contributed by atoms with van der Waals surface area (Å²) in [6.07, 6.45) is 0.526. The van der Waals surface area contributed by atoms with E-state index >= 15 is 0 Å². The van der Waals surface area contributed by atoms with E-state index in [9.17, 15) is 5.11 Å². The molecule has 0 saturated carbocycles. The molecule has 1 heterocycles. The third kappa shape index (κ3) is 3.24. The molecular weight excluding hydrogens is 226 g/mol. The Labute approximate surface area is 109 Å². The minimum atomic E-state index is -0.230. The Hall–Kier alpha value is -1.06. The van der Waals surface area contributed by atoms with Crippen molar-refractivity contribution in [2.75, 3.05) is 31.7 Å². The Morgan fingerprint density at radius 1 is 1.28 bits per heavy atom. The van der Waals surface area contributed by atoms with Gasteiger partial charge in [0.15, 0.2) is 0 Å². The van der Waals surface area contributed by atoms with Crippen LogP contribution in [0.25, 0.3) is 0 Å². The van der Waals surface area contributed by atoms with E-state index < -0.39 is 0 Å². The third-order valence-corrected chi connectivity index (χ3v) is 3.59. The van der Waals surface area contributed by atoms with Gasteiger partial charge in [-0.15, -0.1) is 0 Å². The molecule has 0 bridgehead atoms. The van der Waals surface area contributed by atoms with Crippen molar-refractivity contribution >= 4 is 5.69 Å². The van der Waals surface area contributed by atoms with Crippen LogP contribution in [0.4, 0.5) is 5.69 Å². The number of rotatable bonds is 3. The monoisotopic (exact) mass is 249 g/mol. The van der Waals surface area contributed by atoms with E-state index in [4.69, 9.17) is 4.74 Å². The minimum absolute atomic E-state index is 0.213. The molecule has 0 radical (unpaired) electrons. The number of anilines is 1. The van der Waals surface area contributed by atoms with Crippen molar-refractivity contribution in [1.29, 1.82) is 0 Å². The van der Waals surface area contributed by atoms with Gasteiger partial charge in [0, 0.05) is 31.8 Å². The molecular formula is C15H23NO2. The maximum Gasteiger partial charge on any atom is 0.0629 e. The van der Waals surface area contributed by atoms with Gasteiger partial charge in [0.05, 0.1) is 12.7 Å². The van der Waals surface area contributed by atoms with Crippen LogP contribution in [0.3, 0.4) is 0 Å². The molecule has 1 saturated heterocycles. The fourth-order valence-corrected chi connectivity index (χ4v) is 2.59. The average Bonchev–Trinajstić information content (AvgIpc) is 2.31. The molecule has 18 heavy (non-hydrogen) atoms. The Morgan fingerprint density at radius 2 is 1.94 bits per heavy atom. The quantitative estimate of drug-likeness (QED) is 0.891. The first-order valence-corrected chi connectivity index (χ1v) is 6.61. The molecule has 3 heteroatoms. The number of aliphatic hydroxyl groups excluding tert-OH is 1. The van der Waals surface area contributed by atoms with Crippen LogP contribution in [-0.2, 0) is 4.74 Å². The van der Waals surface area contributed by atoms with Crippen LogP contribution < -0.4 is 4.90 Å². The van der Waals surface area contributed by atoms with Gasteiger partial charge in [-0.25, -0.2) is 0 Å². The highest BCUT2D eigenvalue weighted by atomic mass is 16.5. The highest BCUT2D eigenvalue weighted by molar-refractivity contribution is 5.50. The molecule has 1 aromatic rings. The van der Waals surface area contributed by atoms with E-state index in [1.54, 1.807) is 0 Å². The summed E-state index contributed by atoms with van der Waals surface area (Å²) in [5.41, 5.74) is 3.76. The molecule has 1 aliphatic heterocycles. The van der Waals surface area contributed by atoms with Crippen LogP contribution in [0.2, 0.25) is 0 Å². The standard InChI is InChI=1S/C15H23NO2/c1-11-6-12(2)8-14(7-11)16(3)9-13-10-18-5-4-15(13)17/h6-8,13,15,17H,4-5,9-10H2,1-3H3. The lowest BCUT2D eigenvalue weighted by Gasteiger charge is -2.32. The topological polar surface area (TPSA) is 32.7 Å². The van der Waals surface area contributed by atoms with Crippen LogP contribution >= 0.6 is 0 Å². The predicted molar refractivity (Wildman–Crippen MR) is 74.1 cm³/mol. The van der Waals surface area contributed by atoms with Crippen molar-refractivity contribution in [1.82, 2.24) is 0 Å². The van der Waals surface area contributed by atoms with Gasteiger partial charge in [-0.3, -0.25) is 0 Å². The average molecular weight is 249 g/mol. The smallest absolute Gasteiger partial charge is 0.0629 e. The molecule has 0 aromatic heterocycles. The SMILES string of the molecule is Cc1cc(C)cc(N(C)CC2COCCC2O)c1. The predicted octanol–water partition coefficient (Wildman–Crippen LogP) is 2.14. The second-order valence-corrected chi connectivity index (χ2v) is 5.42. The Kier molecular flexibility index (Phi) is 4.25. The molecule has 3 nitrogen and oxygen atoms in total. The van der Waals surface area contributed by atoms with Crippen molar-refractivity contribution in [3.05, 3.63) is 29.3 Å². The van der Waals surface area contributed by atoms with Crippen molar-refractivity contribution in [2.45, 2.75) is 26.4 Å². The fourth-order valence-electron chi connectivity index (χ4n) is 2.59. The van der Waals surface area contributed by atoms with Gasteiger partial charge >= 0.3 is 0 Å². The maximum atomic E-state index is 9.97. The van der Waals surface area contributed by atoms with E-state index in [1.807, 2.05) is 0 Å². The van der Waals surface area contributed by atoms with E-state index in [1.165, 1.54) is 16.8 Å². The summed E-state index contributed by atoms with van der Waals surface area (Å²) >= 11 is 0. The summed E-state index contributed by atoms with van der Waals surface area (Å²) in [5.74, 6) is 0.213. The molecule has 2 atom stereocenters. The van der Waals surface area contributed by atoms with Crippen molar-refractivity contribution in [3.63, 3.8) is 0 Å². The van der Waals surface area contributed by atoms with Crippen LogP contribution in [0.15, 0.2) is 18.2 Å². The molecule has 0 aliphatic carbocycles. The zero-order valence-corrected chi connectivity index (χ0v) is 11.5. The Bertz CT molecular complexity index is 385. The largest absolute Gasteiger partial charge is 0.393 e. The van der Waals surface area contributed by atoms with Crippen LogP contribution in [-0.4, -0.2) is 38.0 Å². The molecule has 1 aromatic carbocycles. The van der Waals surface area contributed by atoms with Gasteiger partial charge < -0.3 is 14.7 Å². The second kappa shape index (κ2) is 5.72. The van der Waals surface area contributed by atoms with E-state index in [-0.39, 0.29) is 12.0 Å². The van der Waals surface area contributed by atoms with Gasteiger partial charge in [-0.2, -0.15) is 0 Å². The first-order chi connectivity index (χ1) is 8.56. The van der Waals surface area contributed by atoms with Crippen molar-refractivity contribution < 1.29 is 9.84 Å². The molecule has 100 valence electrons. The molecule has 1 N–H and O–H groups in total. The fraction of sp³-hybridized carbons (Fsp3) is 0.600. The first-order valence-electron chi connectivity index (χ1n) is 6.61. The van der Waals surface area contributed by atoms with E-state index in [0.29, 0.717) is 13.2 Å². The summed E-state index contributed by atoms with van der Waals surface area (Å²) in [6.45, 7) is 6.41. The van der Waals surface area contributed by atoms with Crippen molar-refractivity contribution in [2.24, 2.45) is 5.92 Å². The zero-order chi connectivity index (χ0) is 13.1. The second-order valence-electron chi connectivity index (χ2n) is 5.42. The zero-order valence-electron chi connectivity index (χ0n) is 11.5. The minimum Gasteiger partial charge on any atom is -0.393 e. The summed E-state index contributed by atoms with van der Waals surface area (Å²) in [5, 5.41) is 9.97. The number of hydrogen-bond acceptors (Lipinski definition) is 3. The first kappa shape index (κ1) is 13.4.